The summed E-state index contributed by atoms with van der Waals surface area (Å²) in [4.78, 5) is 16.4. The molecule has 1 heterocycles. The minimum absolute atomic E-state index is 0.127. The molecular weight excluding hydrogens is 236 g/mol. The van der Waals surface area contributed by atoms with Gasteiger partial charge in [0.25, 0.3) is 5.91 Å². The monoisotopic (exact) mass is 256 g/mol. The second-order valence-electron chi connectivity index (χ2n) is 3.77. The Morgan fingerprint density at radius 3 is 2.76 bits per heavy atom. The van der Waals surface area contributed by atoms with Crippen LogP contribution in [0.15, 0.2) is 0 Å². The molecule has 0 atom stereocenters. The number of carbonyl (C=O) groups is 1. The molecule has 0 radical (unpaired) electrons. The molecule has 1 aromatic rings. The zero-order chi connectivity index (χ0) is 12.7. The van der Waals surface area contributed by atoms with Crippen LogP contribution in [-0.4, -0.2) is 24.0 Å². The smallest absolute Gasteiger partial charge is 0.265 e. The molecule has 0 saturated carbocycles. The van der Waals surface area contributed by atoms with Crippen LogP contribution < -0.4 is 16.4 Å². The number of hydrogen-bond acceptors (Lipinski definition) is 5. The summed E-state index contributed by atoms with van der Waals surface area (Å²) in [6, 6.07) is 0. The fourth-order valence-corrected chi connectivity index (χ4v) is 2.09. The number of thiazole rings is 1. The first-order chi connectivity index (χ1) is 8.19. The quantitative estimate of drug-likeness (QED) is 0.652. The van der Waals surface area contributed by atoms with E-state index >= 15 is 0 Å². The van der Waals surface area contributed by atoms with Crippen LogP contribution in [0.2, 0.25) is 0 Å². The molecule has 0 saturated heterocycles. The van der Waals surface area contributed by atoms with Crippen molar-refractivity contribution < 1.29 is 4.79 Å². The van der Waals surface area contributed by atoms with Crippen molar-refractivity contribution in [2.45, 2.75) is 33.1 Å². The third-order valence-corrected chi connectivity index (χ3v) is 3.23. The number of nitrogens with two attached hydrogens (primary N) is 1. The van der Waals surface area contributed by atoms with E-state index in [1.54, 1.807) is 0 Å². The second-order valence-corrected chi connectivity index (χ2v) is 4.77. The first-order valence-corrected chi connectivity index (χ1v) is 6.79. The lowest BCUT2D eigenvalue weighted by Gasteiger charge is -2.01. The maximum Gasteiger partial charge on any atom is 0.265 e. The van der Waals surface area contributed by atoms with E-state index in [1.165, 1.54) is 11.3 Å². The number of unbranched alkanes of at least 4 members (excludes halogenated alkanes) is 1. The van der Waals surface area contributed by atoms with Gasteiger partial charge >= 0.3 is 0 Å². The predicted molar refractivity (Wildman–Crippen MR) is 72.5 cm³/mol. The molecule has 0 aromatic carbocycles. The van der Waals surface area contributed by atoms with Crippen molar-refractivity contribution >= 4 is 28.2 Å². The number of rotatable bonds is 7. The average Bonchev–Trinajstić information content (AvgIpc) is 2.68. The van der Waals surface area contributed by atoms with Crippen molar-refractivity contribution in [3.63, 3.8) is 0 Å². The highest BCUT2D eigenvalue weighted by Gasteiger charge is 2.15. The number of nitrogen functional groups attached to an aromatic ring is 1. The summed E-state index contributed by atoms with van der Waals surface area (Å²) in [5.41, 5.74) is 5.72. The van der Waals surface area contributed by atoms with Crippen molar-refractivity contribution in [1.29, 1.82) is 0 Å². The Balaban J connectivity index is 2.57. The number of hydrogen-bond donors (Lipinski definition) is 3. The van der Waals surface area contributed by atoms with Crippen molar-refractivity contribution in [1.82, 2.24) is 10.3 Å². The zero-order valence-corrected chi connectivity index (χ0v) is 11.2. The van der Waals surface area contributed by atoms with Crippen LogP contribution >= 0.6 is 11.3 Å². The minimum atomic E-state index is -0.127. The largest absolute Gasteiger partial charge is 0.382 e. The van der Waals surface area contributed by atoms with Gasteiger partial charge in [-0.2, -0.15) is 0 Å². The molecule has 0 aliphatic heterocycles. The molecular formula is C11H20N4OS. The summed E-state index contributed by atoms with van der Waals surface area (Å²) >= 11 is 1.31. The summed E-state index contributed by atoms with van der Waals surface area (Å²) in [6.45, 7) is 5.68. The van der Waals surface area contributed by atoms with Gasteiger partial charge in [0.1, 0.15) is 10.7 Å². The van der Waals surface area contributed by atoms with Crippen LogP contribution in [-0.2, 0) is 0 Å². The van der Waals surface area contributed by atoms with E-state index in [4.69, 9.17) is 5.73 Å². The van der Waals surface area contributed by atoms with E-state index in [-0.39, 0.29) is 5.91 Å². The van der Waals surface area contributed by atoms with Crippen molar-refractivity contribution in [3.8, 4) is 0 Å². The third kappa shape index (κ3) is 4.22. The van der Waals surface area contributed by atoms with Crippen LogP contribution in [0.3, 0.4) is 0 Å². The zero-order valence-electron chi connectivity index (χ0n) is 10.4. The fourth-order valence-electron chi connectivity index (χ4n) is 1.26. The maximum absolute atomic E-state index is 11.8. The topological polar surface area (TPSA) is 80.0 Å². The first-order valence-electron chi connectivity index (χ1n) is 5.97. The molecule has 0 aliphatic carbocycles. The van der Waals surface area contributed by atoms with Gasteiger partial charge in [0.05, 0.1) is 0 Å². The summed E-state index contributed by atoms with van der Waals surface area (Å²) in [6.07, 6.45) is 3.05. The van der Waals surface area contributed by atoms with Gasteiger partial charge in [-0.25, -0.2) is 4.98 Å². The molecule has 17 heavy (non-hydrogen) atoms. The summed E-state index contributed by atoms with van der Waals surface area (Å²) in [5.74, 6) is 0.181. The highest BCUT2D eigenvalue weighted by atomic mass is 32.1. The molecule has 1 aromatic heterocycles. The maximum atomic E-state index is 11.8. The van der Waals surface area contributed by atoms with Crippen LogP contribution in [0.4, 0.5) is 10.9 Å². The van der Waals surface area contributed by atoms with E-state index in [1.807, 2.05) is 0 Å². The van der Waals surface area contributed by atoms with Gasteiger partial charge in [0.2, 0.25) is 0 Å². The Morgan fingerprint density at radius 2 is 2.12 bits per heavy atom. The summed E-state index contributed by atoms with van der Waals surface area (Å²) in [7, 11) is 0. The number of nitrogens with zero attached hydrogens (tertiary/aromatic N) is 1. The molecule has 4 N–H and O–H groups in total. The number of nitrogens with one attached hydrogen (secondary N) is 2. The Morgan fingerprint density at radius 1 is 1.35 bits per heavy atom. The van der Waals surface area contributed by atoms with Gasteiger partial charge in [0, 0.05) is 13.1 Å². The van der Waals surface area contributed by atoms with Crippen molar-refractivity contribution in [2.75, 3.05) is 24.1 Å². The lowest BCUT2D eigenvalue weighted by Crippen LogP contribution is -2.24. The van der Waals surface area contributed by atoms with Gasteiger partial charge < -0.3 is 16.4 Å². The molecule has 6 heteroatoms. The van der Waals surface area contributed by atoms with E-state index in [2.05, 4.69) is 29.5 Å². The van der Waals surface area contributed by atoms with Gasteiger partial charge in [-0.3, -0.25) is 4.79 Å². The molecule has 0 spiro atoms. The fraction of sp³-hybridized carbons (Fsp3) is 0.636. The Bertz CT molecular complexity index is 364. The number of amides is 1. The molecule has 0 unspecified atom stereocenters. The summed E-state index contributed by atoms with van der Waals surface area (Å²) < 4.78 is 0. The van der Waals surface area contributed by atoms with Crippen LogP contribution in [0.5, 0.6) is 0 Å². The van der Waals surface area contributed by atoms with E-state index in [9.17, 15) is 4.79 Å². The normalized spacial score (nSPS) is 10.2. The van der Waals surface area contributed by atoms with Gasteiger partial charge in [-0.05, 0) is 12.8 Å². The average molecular weight is 256 g/mol. The molecule has 96 valence electrons. The van der Waals surface area contributed by atoms with Crippen LogP contribution in [0.1, 0.15) is 42.8 Å². The molecule has 1 rings (SSSR count). The number of aromatic nitrogens is 1. The standard InChI is InChI=1S/C11H20N4OS/c1-3-5-7-13-10(16)8-9(12)15-11(17-8)14-6-4-2/h3-7,12H2,1-2H3,(H,13,16)(H,14,15). The highest BCUT2D eigenvalue weighted by molar-refractivity contribution is 7.18. The second kappa shape index (κ2) is 7.11. The van der Waals surface area contributed by atoms with Crippen LogP contribution in [0.25, 0.3) is 0 Å². The Hall–Kier alpha value is -1.30. The molecule has 0 fully saturated rings. The van der Waals surface area contributed by atoms with Gasteiger partial charge in [-0.1, -0.05) is 31.6 Å². The highest BCUT2D eigenvalue weighted by Crippen LogP contribution is 2.24. The van der Waals surface area contributed by atoms with Crippen LogP contribution in [0, 0.1) is 0 Å². The number of anilines is 2. The Kier molecular flexibility index (Phi) is 5.76. The van der Waals surface area contributed by atoms with Crippen molar-refractivity contribution in [3.05, 3.63) is 4.88 Å². The molecule has 0 bridgehead atoms. The third-order valence-electron chi connectivity index (χ3n) is 2.20. The Labute approximate surface area is 106 Å². The van der Waals surface area contributed by atoms with E-state index in [0.29, 0.717) is 22.4 Å². The molecule has 5 nitrogen and oxygen atoms in total. The van der Waals surface area contributed by atoms with Crippen molar-refractivity contribution in [2.24, 2.45) is 0 Å². The van der Waals surface area contributed by atoms with Gasteiger partial charge in [0.15, 0.2) is 5.13 Å². The SMILES string of the molecule is CCCCNC(=O)c1sc(NCCC)nc1N. The van der Waals surface area contributed by atoms with E-state index in [0.717, 1.165) is 25.8 Å². The number of carbonyl (C=O) groups excluding carboxylic acids is 1. The molecule has 1 amide bonds. The lowest BCUT2D eigenvalue weighted by molar-refractivity contribution is 0.0958. The first kappa shape index (κ1) is 13.8. The predicted octanol–water partition coefficient (Wildman–Crippen LogP) is 2.08. The van der Waals surface area contributed by atoms with Gasteiger partial charge in [-0.15, -0.1) is 0 Å². The molecule has 0 aliphatic rings. The van der Waals surface area contributed by atoms with E-state index < -0.39 is 0 Å². The minimum Gasteiger partial charge on any atom is -0.382 e. The lowest BCUT2D eigenvalue weighted by atomic mass is 10.3. The summed E-state index contributed by atoms with van der Waals surface area (Å²) in [5, 5.41) is 6.67.